The number of hydrogen-bond acceptors (Lipinski definition) is 0. The molecule has 1 atom stereocenters. The molecule has 0 aromatic rings. The molecule has 0 aliphatic carbocycles. The van der Waals surface area contributed by atoms with Crippen molar-refractivity contribution in [1.29, 1.82) is 0 Å². The van der Waals surface area contributed by atoms with Crippen molar-refractivity contribution in [2.24, 2.45) is 5.92 Å². The Morgan fingerprint density at radius 1 is 1.56 bits per heavy atom. The first-order valence-corrected chi connectivity index (χ1v) is 3.88. The van der Waals surface area contributed by atoms with E-state index in [1.165, 1.54) is 22.6 Å². The Morgan fingerprint density at radius 2 is 2.00 bits per heavy atom. The van der Waals surface area contributed by atoms with Crippen LogP contribution in [0.1, 0.15) is 20.3 Å². The van der Waals surface area contributed by atoms with Crippen LogP contribution in [0.3, 0.4) is 0 Å². The predicted octanol–water partition coefficient (Wildman–Crippen LogP) is 3.58. The minimum absolute atomic E-state index is 0.276. The summed E-state index contributed by atoms with van der Waals surface area (Å²) in [6.07, 6.45) is 0.641. The second-order valence-corrected chi connectivity index (χ2v) is 2.86. The van der Waals surface area contributed by atoms with E-state index in [9.17, 15) is 8.78 Å². The number of halogens is 3. The summed E-state index contributed by atoms with van der Waals surface area (Å²) in [5.41, 5.74) is 0. The average Bonchev–Trinajstić information content (AvgIpc) is 1.84. The molecule has 0 spiro atoms. The van der Waals surface area contributed by atoms with Crippen molar-refractivity contribution in [3.63, 3.8) is 0 Å². The van der Waals surface area contributed by atoms with Crippen molar-refractivity contribution in [2.45, 2.75) is 20.3 Å². The molecule has 0 aliphatic rings. The Hall–Kier alpha value is 0.330. The van der Waals surface area contributed by atoms with Gasteiger partial charge in [-0.2, -0.15) is 4.39 Å². The highest BCUT2D eigenvalue weighted by atomic mass is 127. The zero-order valence-corrected chi connectivity index (χ0v) is 7.58. The second-order valence-electron chi connectivity index (χ2n) is 1.92. The Bertz CT molecular complexity index is 116. The van der Waals surface area contributed by atoms with E-state index in [1.807, 2.05) is 6.92 Å². The van der Waals surface area contributed by atoms with E-state index < -0.39 is 9.66 Å². The number of rotatable bonds is 2. The highest BCUT2D eigenvalue weighted by molar-refractivity contribution is 14.1. The van der Waals surface area contributed by atoms with Crippen LogP contribution >= 0.6 is 22.6 Å². The predicted molar refractivity (Wildman–Crippen MR) is 42.7 cm³/mol. The smallest absolute Gasteiger partial charge is 0.192 e. The van der Waals surface area contributed by atoms with Crippen LogP contribution in [0.2, 0.25) is 0 Å². The van der Waals surface area contributed by atoms with Crippen LogP contribution in [0, 0.1) is 5.92 Å². The minimum atomic E-state index is -0.720. The summed E-state index contributed by atoms with van der Waals surface area (Å²) < 4.78 is 23.7. The molecule has 0 fully saturated rings. The summed E-state index contributed by atoms with van der Waals surface area (Å²) in [5, 5.41) is 0. The molecule has 0 aromatic heterocycles. The summed E-state index contributed by atoms with van der Waals surface area (Å²) in [6, 6.07) is 0. The third-order valence-electron chi connectivity index (χ3n) is 1.23. The van der Waals surface area contributed by atoms with Gasteiger partial charge in [-0.3, -0.25) is 0 Å². The summed E-state index contributed by atoms with van der Waals surface area (Å²) in [6.45, 7) is 3.48. The first-order chi connectivity index (χ1) is 4.09. The largest absolute Gasteiger partial charge is 0.208 e. The topological polar surface area (TPSA) is 0 Å². The lowest BCUT2D eigenvalue weighted by Gasteiger charge is -2.02. The van der Waals surface area contributed by atoms with Gasteiger partial charge in [-0.1, -0.05) is 13.8 Å². The van der Waals surface area contributed by atoms with E-state index in [4.69, 9.17) is 0 Å². The molecule has 0 saturated carbocycles. The molecule has 54 valence electrons. The van der Waals surface area contributed by atoms with E-state index in [0.717, 1.165) is 0 Å². The van der Waals surface area contributed by atoms with Crippen molar-refractivity contribution in [3.05, 3.63) is 9.66 Å². The molecule has 0 heterocycles. The van der Waals surface area contributed by atoms with Gasteiger partial charge < -0.3 is 0 Å². The Balaban J connectivity index is 4.02. The molecule has 0 radical (unpaired) electrons. The summed E-state index contributed by atoms with van der Waals surface area (Å²) in [7, 11) is 0. The van der Waals surface area contributed by atoms with Crippen LogP contribution in [0.5, 0.6) is 0 Å². The standard InChI is InChI=1S/C6H9F2I/c1-3-4(2)5(7)6(8)9/h4H,3H2,1-2H3/b6-5-. The van der Waals surface area contributed by atoms with Crippen molar-refractivity contribution in [3.8, 4) is 0 Å². The van der Waals surface area contributed by atoms with E-state index >= 15 is 0 Å². The molecular formula is C6H9F2I. The number of hydrogen-bond donors (Lipinski definition) is 0. The lowest BCUT2D eigenvalue weighted by molar-refractivity contribution is 0.456. The molecule has 0 bridgehead atoms. The third-order valence-corrected chi connectivity index (χ3v) is 1.74. The normalized spacial score (nSPS) is 17.0. The SMILES string of the molecule is CCC(C)/C(F)=C(\F)I. The number of allylic oxidation sites excluding steroid dienone is 1. The second kappa shape index (κ2) is 4.19. The molecule has 9 heavy (non-hydrogen) atoms. The van der Waals surface area contributed by atoms with E-state index in [-0.39, 0.29) is 5.92 Å². The van der Waals surface area contributed by atoms with Gasteiger partial charge in [0.1, 0.15) is 5.83 Å². The Kier molecular flexibility index (Phi) is 4.35. The van der Waals surface area contributed by atoms with Gasteiger partial charge in [-0.05, 0) is 29.0 Å². The van der Waals surface area contributed by atoms with Gasteiger partial charge in [0.15, 0.2) is 3.83 Å². The maximum absolute atomic E-state index is 12.4. The van der Waals surface area contributed by atoms with Gasteiger partial charge in [0.25, 0.3) is 0 Å². The fourth-order valence-corrected chi connectivity index (χ4v) is 0.897. The summed E-state index contributed by atoms with van der Waals surface area (Å²) >= 11 is 1.34. The molecule has 0 N–H and O–H groups in total. The van der Waals surface area contributed by atoms with Crippen molar-refractivity contribution in [2.75, 3.05) is 0 Å². The van der Waals surface area contributed by atoms with Crippen LogP contribution in [-0.4, -0.2) is 0 Å². The average molecular weight is 246 g/mol. The van der Waals surface area contributed by atoms with Crippen LogP contribution in [0.4, 0.5) is 8.78 Å². The molecule has 0 rings (SSSR count). The summed E-state index contributed by atoms with van der Waals surface area (Å²) in [4.78, 5) is 0. The van der Waals surface area contributed by atoms with Crippen LogP contribution in [0.25, 0.3) is 0 Å². The van der Waals surface area contributed by atoms with Gasteiger partial charge in [-0.15, -0.1) is 0 Å². The van der Waals surface area contributed by atoms with Gasteiger partial charge >= 0.3 is 0 Å². The lowest BCUT2D eigenvalue weighted by atomic mass is 10.1. The fourth-order valence-electron chi connectivity index (χ4n) is 0.365. The van der Waals surface area contributed by atoms with Crippen LogP contribution in [0.15, 0.2) is 9.66 Å². The summed E-state index contributed by atoms with van der Waals surface area (Å²) in [5.74, 6) is -0.903. The minimum Gasteiger partial charge on any atom is -0.208 e. The Morgan fingerprint density at radius 3 is 2.11 bits per heavy atom. The van der Waals surface area contributed by atoms with Gasteiger partial charge in [0.2, 0.25) is 0 Å². The first-order valence-electron chi connectivity index (χ1n) is 2.80. The monoisotopic (exact) mass is 246 g/mol. The maximum atomic E-state index is 12.4. The van der Waals surface area contributed by atoms with Crippen LogP contribution < -0.4 is 0 Å². The Labute approximate surface area is 67.5 Å². The fraction of sp³-hybridized carbons (Fsp3) is 0.667. The van der Waals surface area contributed by atoms with Crippen molar-refractivity contribution >= 4 is 22.6 Å². The zero-order chi connectivity index (χ0) is 7.44. The molecule has 3 heteroatoms. The third kappa shape index (κ3) is 3.13. The van der Waals surface area contributed by atoms with Gasteiger partial charge in [-0.25, -0.2) is 4.39 Å². The van der Waals surface area contributed by atoms with E-state index in [0.29, 0.717) is 6.42 Å². The highest BCUT2D eigenvalue weighted by Crippen LogP contribution is 2.24. The molecule has 0 aliphatic heterocycles. The lowest BCUT2D eigenvalue weighted by Crippen LogP contribution is -1.92. The molecular weight excluding hydrogens is 237 g/mol. The van der Waals surface area contributed by atoms with E-state index in [1.54, 1.807) is 6.92 Å². The van der Waals surface area contributed by atoms with E-state index in [2.05, 4.69) is 0 Å². The van der Waals surface area contributed by atoms with Gasteiger partial charge in [0.05, 0.1) is 0 Å². The first kappa shape index (κ1) is 9.33. The molecule has 0 amide bonds. The van der Waals surface area contributed by atoms with Crippen molar-refractivity contribution in [1.82, 2.24) is 0 Å². The zero-order valence-electron chi connectivity index (χ0n) is 5.42. The molecule has 1 unspecified atom stereocenters. The highest BCUT2D eigenvalue weighted by Gasteiger charge is 2.09. The molecule has 0 aromatic carbocycles. The maximum Gasteiger partial charge on any atom is 0.192 e. The van der Waals surface area contributed by atoms with Crippen molar-refractivity contribution < 1.29 is 8.78 Å². The molecule has 0 saturated heterocycles. The molecule has 0 nitrogen and oxygen atoms in total. The van der Waals surface area contributed by atoms with Gasteiger partial charge in [0, 0.05) is 5.92 Å². The quantitative estimate of drug-likeness (QED) is 0.653. The van der Waals surface area contributed by atoms with Crippen LogP contribution in [-0.2, 0) is 0 Å².